The summed E-state index contributed by atoms with van der Waals surface area (Å²) in [5.41, 5.74) is 1.36. The maximum absolute atomic E-state index is 12.7. The number of rotatable bonds is 7. The molecule has 0 aliphatic carbocycles. The Kier molecular flexibility index (Phi) is 6.13. The Balaban J connectivity index is 1.39. The van der Waals surface area contributed by atoms with Gasteiger partial charge in [0.1, 0.15) is 5.76 Å². The molecule has 0 radical (unpaired) electrons. The van der Waals surface area contributed by atoms with Crippen LogP contribution in [0.4, 0.5) is 5.13 Å². The number of likely N-dealkylation sites (tertiary alicyclic amines) is 1. The molecule has 2 aromatic heterocycles. The second-order valence-corrected chi connectivity index (χ2v) is 10.6. The van der Waals surface area contributed by atoms with Crippen LogP contribution in [0.25, 0.3) is 11.3 Å². The number of hydrogen-bond acceptors (Lipinski definition) is 7. The Morgan fingerprint density at radius 3 is 2.69 bits per heavy atom. The van der Waals surface area contributed by atoms with E-state index < -0.39 is 15.9 Å². The number of carbonyl (C=O) groups excluding carboxylic acids is 2. The van der Waals surface area contributed by atoms with Crippen molar-refractivity contribution in [1.82, 2.24) is 14.2 Å². The lowest BCUT2D eigenvalue weighted by Gasteiger charge is -2.14. The first-order valence-electron chi connectivity index (χ1n) is 9.83. The number of anilines is 1. The zero-order valence-electron chi connectivity index (χ0n) is 17.5. The van der Waals surface area contributed by atoms with Gasteiger partial charge < -0.3 is 14.6 Å². The fourth-order valence-electron chi connectivity index (χ4n) is 3.37. The molecule has 1 N–H and O–H groups in total. The molecule has 0 bridgehead atoms. The summed E-state index contributed by atoms with van der Waals surface area (Å²) in [6.07, 6.45) is 1.70. The fourth-order valence-corrected chi connectivity index (χ4v) is 5.00. The summed E-state index contributed by atoms with van der Waals surface area (Å²) in [4.78, 5) is 31.1. The van der Waals surface area contributed by atoms with E-state index in [1.807, 2.05) is 0 Å². The van der Waals surface area contributed by atoms with Crippen molar-refractivity contribution in [2.45, 2.75) is 17.9 Å². The summed E-state index contributed by atoms with van der Waals surface area (Å²) in [6.45, 7) is 0.669. The van der Waals surface area contributed by atoms with Crippen LogP contribution in [0.3, 0.4) is 0 Å². The largest absolute Gasteiger partial charge is 0.467 e. The SMILES string of the molecule is CN(C)S(=O)(=O)c1ccc(-c2csc(NC(=O)C3CC(=O)N(Cc4ccco4)C3)n2)cc1. The number of carbonyl (C=O) groups is 2. The lowest BCUT2D eigenvalue weighted by molar-refractivity contribution is -0.128. The minimum absolute atomic E-state index is 0.0888. The number of nitrogens with one attached hydrogen (secondary N) is 1. The minimum Gasteiger partial charge on any atom is -0.467 e. The topological polar surface area (TPSA) is 113 Å². The molecular weight excluding hydrogens is 452 g/mol. The molecule has 1 unspecified atom stereocenters. The van der Waals surface area contributed by atoms with Gasteiger partial charge in [-0.15, -0.1) is 11.3 Å². The van der Waals surface area contributed by atoms with Gasteiger partial charge in [0.05, 0.1) is 29.3 Å². The quantitative estimate of drug-likeness (QED) is 0.563. The van der Waals surface area contributed by atoms with Gasteiger partial charge in [-0.1, -0.05) is 12.1 Å². The number of hydrogen-bond donors (Lipinski definition) is 1. The molecule has 3 heterocycles. The van der Waals surface area contributed by atoms with Crippen LogP contribution in [0.1, 0.15) is 12.2 Å². The number of sulfonamides is 1. The zero-order chi connectivity index (χ0) is 22.9. The lowest BCUT2D eigenvalue weighted by atomic mass is 10.1. The molecular formula is C21H22N4O5S2. The average Bonchev–Trinajstić information content (AvgIpc) is 3.51. The summed E-state index contributed by atoms with van der Waals surface area (Å²) in [5.74, 6) is -0.128. The second kappa shape index (κ2) is 8.85. The number of nitrogens with zero attached hydrogens (tertiary/aromatic N) is 3. The summed E-state index contributed by atoms with van der Waals surface area (Å²) in [5, 5.41) is 5.00. The van der Waals surface area contributed by atoms with Gasteiger partial charge >= 0.3 is 0 Å². The van der Waals surface area contributed by atoms with Gasteiger partial charge in [-0.2, -0.15) is 0 Å². The number of thiazole rings is 1. The van der Waals surface area contributed by atoms with E-state index in [1.165, 1.54) is 37.6 Å². The first-order valence-corrected chi connectivity index (χ1v) is 12.2. The van der Waals surface area contributed by atoms with E-state index in [4.69, 9.17) is 4.42 Å². The molecule has 9 nitrogen and oxygen atoms in total. The standard InChI is InChI=1S/C21H22N4O5S2/c1-24(2)32(28,29)17-7-5-14(6-8-17)18-13-31-21(22-18)23-20(27)15-10-19(26)25(11-15)12-16-4-3-9-30-16/h3-9,13,15H,10-12H2,1-2H3,(H,22,23,27). The lowest BCUT2D eigenvalue weighted by Crippen LogP contribution is -2.27. The van der Waals surface area contributed by atoms with Crippen molar-refractivity contribution in [2.24, 2.45) is 5.92 Å². The third-order valence-electron chi connectivity index (χ3n) is 5.18. The highest BCUT2D eigenvalue weighted by Crippen LogP contribution is 2.28. The monoisotopic (exact) mass is 474 g/mol. The molecule has 2 amide bonds. The predicted octanol–water partition coefficient (Wildman–Crippen LogP) is 2.64. The first-order chi connectivity index (χ1) is 15.2. The van der Waals surface area contributed by atoms with Gasteiger partial charge in [-0.25, -0.2) is 17.7 Å². The van der Waals surface area contributed by atoms with Crippen LogP contribution in [-0.2, 0) is 26.2 Å². The highest BCUT2D eigenvalue weighted by Gasteiger charge is 2.35. The molecule has 1 aromatic carbocycles. The molecule has 1 atom stereocenters. The van der Waals surface area contributed by atoms with Crippen molar-refractivity contribution in [3.05, 3.63) is 53.8 Å². The Labute approximate surface area is 189 Å². The third kappa shape index (κ3) is 4.59. The number of benzene rings is 1. The third-order valence-corrected chi connectivity index (χ3v) is 7.76. The first kappa shape index (κ1) is 22.2. The van der Waals surface area contributed by atoms with Crippen molar-refractivity contribution in [2.75, 3.05) is 26.0 Å². The molecule has 11 heteroatoms. The van der Waals surface area contributed by atoms with Gasteiger partial charge in [-0.05, 0) is 24.3 Å². The van der Waals surface area contributed by atoms with Gasteiger partial charge in [0.15, 0.2) is 5.13 Å². The van der Waals surface area contributed by atoms with Crippen molar-refractivity contribution >= 4 is 38.3 Å². The van der Waals surface area contributed by atoms with Crippen molar-refractivity contribution in [1.29, 1.82) is 0 Å². The molecule has 1 saturated heterocycles. The summed E-state index contributed by atoms with van der Waals surface area (Å²) < 4.78 is 30.8. The van der Waals surface area contributed by atoms with Crippen molar-refractivity contribution < 1.29 is 22.4 Å². The van der Waals surface area contributed by atoms with Crippen LogP contribution >= 0.6 is 11.3 Å². The van der Waals surface area contributed by atoms with E-state index in [0.717, 1.165) is 9.87 Å². The van der Waals surface area contributed by atoms with E-state index >= 15 is 0 Å². The highest BCUT2D eigenvalue weighted by molar-refractivity contribution is 7.89. The van der Waals surface area contributed by atoms with Crippen LogP contribution < -0.4 is 5.32 Å². The Bertz CT molecular complexity index is 1220. The van der Waals surface area contributed by atoms with Crippen LogP contribution in [0, 0.1) is 5.92 Å². The van der Waals surface area contributed by atoms with Gasteiger partial charge in [0.2, 0.25) is 21.8 Å². The second-order valence-electron chi connectivity index (χ2n) is 7.59. The van der Waals surface area contributed by atoms with Crippen LogP contribution in [0.5, 0.6) is 0 Å². The Hall–Kier alpha value is -3.02. The van der Waals surface area contributed by atoms with Crippen molar-refractivity contribution in [3.8, 4) is 11.3 Å². The highest BCUT2D eigenvalue weighted by atomic mass is 32.2. The Morgan fingerprint density at radius 2 is 2.03 bits per heavy atom. The molecule has 1 aliphatic heterocycles. The predicted molar refractivity (Wildman–Crippen MR) is 119 cm³/mol. The summed E-state index contributed by atoms with van der Waals surface area (Å²) in [7, 11) is -0.543. The van der Waals surface area contributed by atoms with Crippen molar-refractivity contribution in [3.63, 3.8) is 0 Å². The molecule has 0 saturated carbocycles. The zero-order valence-corrected chi connectivity index (χ0v) is 19.1. The van der Waals surface area contributed by atoms with Gasteiger partial charge in [0, 0.05) is 38.0 Å². The van der Waals surface area contributed by atoms with Gasteiger partial charge in [-0.3, -0.25) is 9.59 Å². The molecule has 1 fully saturated rings. The Morgan fingerprint density at radius 1 is 1.28 bits per heavy atom. The molecule has 168 valence electrons. The van der Waals surface area contributed by atoms with Crippen LogP contribution in [0.15, 0.2) is 57.4 Å². The smallest absolute Gasteiger partial charge is 0.242 e. The number of aromatic nitrogens is 1. The van der Waals surface area contributed by atoms with Gasteiger partial charge in [0.25, 0.3) is 0 Å². The van der Waals surface area contributed by atoms with Crippen LogP contribution in [0.2, 0.25) is 0 Å². The van der Waals surface area contributed by atoms with E-state index in [0.29, 0.717) is 29.7 Å². The fraction of sp³-hybridized carbons (Fsp3) is 0.286. The molecule has 4 rings (SSSR count). The summed E-state index contributed by atoms with van der Waals surface area (Å²) >= 11 is 1.27. The maximum Gasteiger partial charge on any atom is 0.242 e. The van der Waals surface area contributed by atoms with E-state index in [-0.39, 0.29) is 23.1 Å². The average molecular weight is 475 g/mol. The van der Waals surface area contributed by atoms with E-state index in [2.05, 4.69) is 10.3 Å². The maximum atomic E-state index is 12.7. The molecule has 3 aromatic rings. The minimum atomic E-state index is -3.50. The number of amides is 2. The van der Waals surface area contributed by atoms with E-state index in [1.54, 1.807) is 40.8 Å². The normalized spacial score (nSPS) is 16.7. The van der Waals surface area contributed by atoms with E-state index in [9.17, 15) is 18.0 Å². The summed E-state index contributed by atoms with van der Waals surface area (Å²) in [6, 6.07) is 9.97. The molecule has 1 aliphatic rings. The molecule has 0 spiro atoms. The molecule has 32 heavy (non-hydrogen) atoms. The number of furan rings is 1. The van der Waals surface area contributed by atoms with Crippen LogP contribution in [-0.4, -0.2) is 55.1 Å².